The van der Waals surface area contributed by atoms with Crippen molar-refractivity contribution in [2.45, 2.75) is 27.2 Å². The van der Waals surface area contributed by atoms with Gasteiger partial charge in [0.25, 0.3) is 0 Å². The monoisotopic (exact) mass is 128 g/mol. The summed E-state index contributed by atoms with van der Waals surface area (Å²) in [7, 11) is 0. The SMILES string of the molecule is CCC(C)(C)C(=O)C=O. The van der Waals surface area contributed by atoms with Gasteiger partial charge in [0, 0.05) is 5.41 Å². The van der Waals surface area contributed by atoms with E-state index < -0.39 is 5.41 Å². The van der Waals surface area contributed by atoms with Gasteiger partial charge in [-0.3, -0.25) is 9.59 Å². The lowest BCUT2D eigenvalue weighted by molar-refractivity contribution is -0.135. The van der Waals surface area contributed by atoms with E-state index in [1.165, 1.54) is 0 Å². The van der Waals surface area contributed by atoms with Crippen molar-refractivity contribution in [1.82, 2.24) is 0 Å². The zero-order valence-corrected chi connectivity index (χ0v) is 6.10. The Hall–Kier alpha value is -0.660. The second-order valence-electron chi connectivity index (χ2n) is 2.72. The number of hydrogen-bond acceptors (Lipinski definition) is 2. The number of aldehydes is 1. The molecule has 0 atom stereocenters. The van der Waals surface area contributed by atoms with E-state index in [2.05, 4.69) is 0 Å². The van der Waals surface area contributed by atoms with Crippen molar-refractivity contribution >= 4 is 12.1 Å². The fourth-order valence-corrected chi connectivity index (χ4v) is 0.334. The van der Waals surface area contributed by atoms with Gasteiger partial charge in [-0.05, 0) is 6.42 Å². The fourth-order valence-electron chi connectivity index (χ4n) is 0.334. The van der Waals surface area contributed by atoms with Crippen molar-refractivity contribution in [3.05, 3.63) is 0 Å². The van der Waals surface area contributed by atoms with Crippen molar-refractivity contribution < 1.29 is 9.59 Å². The Morgan fingerprint density at radius 3 is 2.11 bits per heavy atom. The Morgan fingerprint density at radius 2 is 2.00 bits per heavy atom. The van der Waals surface area contributed by atoms with Crippen LogP contribution in [0.15, 0.2) is 0 Å². The Bertz CT molecular complexity index is 125. The van der Waals surface area contributed by atoms with Crippen LogP contribution in [-0.4, -0.2) is 12.1 Å². The highest BCUT2D eigenvalue weighted by atomic mass is 16.2. The third kappa shape index (κ3) is 1.96. The van der Waals surface area contributed by atoms with Crippen LogP contribution in [-0.2, 0) is 9.59 Å². The molecule has 0 rings (SSSR count). The van der Waals surface area contributed by atoms with Gasteiger partial charge in [0.05, 0.1) is 0 Å². The summed E-state index contributed by atoms with van der Waals surface area (Å²) in [5.74, 6) is -0.315. The number of hydrogen-bond donors (Lipinski definition) is 0. The number of carbonyl (C=O) groups is 2. The largest absolute Gasteiger partial charge is 0.295 e. The summed E-state index contributed by atoms with van der Waals surface area (Å²) >= 11 is 0. The fraction of sp³-hybridized carbons (Fsp3) is 0.714. The van der Waals surface area contributed by atoms with Crippen molar-refractivity contribution in [3.8, 4) is 0 Å². The highest BCUT2D eigenvalue weighted by Gasteiger charge is 2.23. The highest BCUT2D eigenvalue weighted by Crippen LogP contribution is 2.19. The maximum Gasteiger partial charge on any atom is 0.200 e. The Morgan fingerprint density at radius 1 is 1.56 bits per heavy atom. The molecule has 0 spiro atoms. The summed E-state index contributed by atoms with van der Waals surface area (Å²) in [5, 5.41) is 0. The lowest BCUT2D eigenvalue weighted by Crippen LogP contribution is -2.23. The average Bonchev–Trinajstić information content (AvgIpc) is 1.86. The summed E-state index contributed by atoms with van der Waals surface area (Å²) in [6, 6.07) is 0. The molecule has 0 aromatic rings. The molecule has 9 heavy (non-hydrogen) atoms. The average molecular weight is 128 g/mol. The highest BCUT2D eigenvalue weighted by molar-refractivity contribution is 6.27. The van der Waals surface area contributed by atoms with E-state index in [0.717, 1.165) is 0 Å². The molecule has 0 aromatic carbocycles. The van der Waals surface area contributed by atoms with Gasteiger partial charge in [-0.2, -0.15) is 0 Å². The smallest absolute Gasteiger partial charge is 0.200 e. The molecule has 0 unspecified atom stereocenters. The molecule has 0 aromatic heterocycles. The van der Waals surface area contributed by atoms with Gasteiger partial charge in [-0.1, -0.05) is 20.8 Å². The van der Waals surface area contributed by atoms with Crippen LogP contribution in [0.1, 0.15) is 27.2 Å². The first-order valence-electron chi connectivity index (χ1n) is 3.04. The van der Waals surface area contributed by atoms with Gasteiger partial charge in [-0.25, -0.2) is 0 Å². The lowest BCUT2D eigenvalue weighted by Gasteiger charge is -2.15. The van der Waals surface area contributed by atoms with Gasteiger partial charge in [-0.15, -0.1) is 0 Å². The normalized spacial score (nSPS) is 11.0. The number of ketones is 1. The summed E-state index contributed by atoms with van der Waals surface area (Å²) in [6.45, 7) is 5.43. The molecule has 0 fully saturated rings. The van der Waals surface area contributed by atoms with Crippen LogP contribution in [0.3, 0.4) is 0 Å². The van der Waals surface area contributed by atoms with E-state index in [4.69, 9.17) is 0 Å². The van der Waals surface area contributed by atoms with Gasteiger partial charge in [0.2, 0.25) is 5.78 Å². The number of rotatable bonds is 3. The Labute approximate surface area is 55.3 Å². The molecule has 0 saturated heterocycles. The third-order valence-corrected chi connectivity index (χ3v) is 1.66. The first kappa shape index (κ1) is 8.34. The van der Waals surface area contributed by atoms with Crippen LogP contribution in [0.4, 0.5) is 0 Å². The number of Topliss-reactive ketones (excluding diaryl/α,β-unsaturated/α-hetero) is 1. The Kier molecular flexibility index (Phi) is 2.56. The zero-order chi connectivity index (χ0) is 7.49. The molecule has 2 heteroatoms. The van der Waals surface area contributed by atoms with Gasteiger partial charge in [0.1, 0.15) is 0 Å². The lowest BCUT2D eigenvalue weighted by atomic mass is 9.86. The van der Waals surface area contributed by atoms with E-state index in [1.54, 1.807) is 13.8 Å². The van der Waals surface area contributed by atoms with E-state index in [0.29, 0.717) is 12.7 Å². The van der Waals surface area contributed by atoms with Crippen molar-refractivity contribution in [2.24, 2.45) is 5.41 Å². The molecule has 0 radical (unpaired) electrons. The molecule has 52 valence electrons. The quantitative estimate of drug-likeness (QED) is 0.422. The maximum atomic E-state index is 10.7. The topological polar surface area (TPSA) is 34.1 Å². The predicted molar refractivity (Wildman–Crippen MR) is 35.1 cm³/mol. The molecular formula is C7H12O2. The second-order valence-corrected chi connectivity index (χ2v) is 2.72. The summed E-state index contributed by atoms with van der Waals surface area (Å²) < 4.78 is 0. The summed E-state index contributed by atoms with van der Waals surface area (Å²) in [6.07, 6.45) is 1.11. The zero-order valence-electron chi connectivity index (χ0n) is 6.10. The standard InChI is InChI=1S/C7H12O2/c1-4-7(2,3)6(9)5-8/h5H,4H2,1-3H3. The van der Waals surface area contributed by atoms with Crippen LogP contribution in [0.25, 0.3) is 0 Å². The molecule has 0 aliphatic rings. The molecule has 0 N–H and O–H groups in total. The van der Waals surface area contributed by atoms with Gasteiger partial charge >= 0.3 is 0 Å². The number of carbonyl (C=O) groups excluding carboxylic acids is 2. The minimum atomic E-state index is -0.457. The minimum Gasteiger partial charge on any atom is -0.295 e. The molecule has 0 heterocycles. The molecular weight excluding hydrogens is 116 g/mol. The van der Waals surface area contributed by atoms with Crippen LogP contribution >= 0.6 is 0 Å². The van der Waals surface area contributed by atoms with Crippen LogP contribution < -0.4 is 0 Å². The Balaban J connectivity index is 4.13. The molecule has 0 aliphatic carbocycles. The van der Waals surface area contributed by atoms with Crippen molar-refractivity contribution in [1.29, 1.82) is 0 Å². The molecule has 2 nitrogen and oxygen atoms in total. The van der Waals surface area contributed by atoms with Crippen LogP contribution in [0.2, 0.25) is 0 Å². The summed E-state index contributed by atoms with van der Waals surface area (Å²) in [4.78, 5) is 20.7. The molecule has 0 aliphatic heterocycles. The molecule has 0 saturated carbocycles. The van der Waals surface area contributed by atoms with E-state index in [-0.39, 0.29) is 5.78 Å². The van der Waals surface area contributed by atoms with Gasteiger partial charge in [0.15, 0.2) is 6.29 Å². The van der Waals surface area contributed by atoms with Crippen LogP contribution in [0, 0.1) is 5.41 Å². The minimum absolute atomic E-state index is 0.315. The predicted octanol–water partition coefficient (Wildman–Crippen LogP) is 1.19. The maximum absolute atomic E-state index is 10.7. The molecule has 0 bridgehead atoms. The summed E-state index contributed by atoms with van der Waals surface area (Å²) in [5.41, 5.74) is -0.457. The second kappa shape index (κ2) is 2.76. The van der Waals surface area contributed by atoms with Gasteiger partial charge < -0.3 is 0 Å². The molecule has 0 amide bonds. The first-order valence-corrected chi connectivity index (χ1v) is 3.04. The first-order chi connectivity index (χ1) is 4.04. The van der Waals surface area contributed by atoms with Crippen LogP contribution in [0.5, 0.6) is 0 Å². The van der Waals surface area contributed by atoms with E-state index in [9.17, 15) is 9.59 Å². The van der Waals surface area contributed by atoms with Crippen molar-refractivity contribution in [3.63, 3.8) is 0 Å². The van der Waals surface area contributed by atoms with E-state index >= 15 is 0 Å². The van der Waals surface area contributed by atoms with E-state index in [1.807, 2.05) is 6.92 Å². The van der Waals surface area contributed by atoms with Crippen molar-refractivity contribution in [2.75, 3.05) is 0 Å². The third-order valence-electron chi connectivity index (χ3n) is 1.66.